The maximum Gasteiger partial charge on any atom is 0.550 e. The molecule has 0 fully saturated rings. The summed E-state index contributed by atoms with van der Waals surface area (Å²) in [6.07, 6.45) is -4.64. The number of alkyl halides is 3. The Bertz CT molecular complexity index is 282. The first-order chi connectivity index (χ1) is 7.25. The van der Waals surface area contributed by atoms with Crippen molar-refractivity contribution in [1.82, 2.24) is 0 Å². The highest BCUT2D eigenvalue weighted by Crippen LogP contribution is 2.49. The van der Waals surface area contributed by atoms with Crippen LogP contribution in [0.15, 0.2) is 5.16 Å². The molecule has 0 aliphatic rings. The van der Waals surface area contributed by atoms with Gasteiger partial charge in [-0.2, -0.15) is 13.2 Å². The summed E-state index contributed by atoms with van der Waals surface area (Å²) in [5.41, 5.74) is -1.27. The highest BCUT2D eigenvalue weighted by Gasteiger charge is 2.35. The summed E-state index contributed by atoms with van der Waals surface area (Å²) in [4.78, 5) is 0. The van der Waals surface area contributed by atoms with E-state index in [4.69, 9.17) is 0 Å². The van der Waals surface area contributed by atoms with Gasteiger partial charge in [0.15, 0.2) is 5.71 Å². The normalized spacial score (nSPS) is 14.0. The molecule has 0 spiro atoms. The molecule has 0 unspecified atom stereocenters. The van der Waals surface area contributed by atoms with Crippen LogP contribution in [0.2, 0.25) is 0 Å². The number of hydrogen-bond donors (Lipinski definition) is 0. The van der Waals surface area contributed by atoms with Crippen LogP contribution < -0.4 is 0 Å². The second-order valence-electron chi connectivity index (χ2n) is 2.54. The van der Waals surface area contributed by atoms with E-state index in [1.165, 1.54) is 13.8 Å². The first kappa shape index (κ1) is 15.4. The average Bonchev–Trinajstić information content (AvgIpc) is 2.13. The van der Waals surface area contributed by atoms with Crippen molar-refractivity contribution in [2.24, 2.45) is 5.16 Å². The largest absolute Gasteiger partial charge is 0.550 e. The molecule has 0 saturated carbocycles. The van der Waals surface area contributed by atoms with Crippen LogP contribution in [0.4, 0.5) is 13.2 Å². The molecule has 0 rings (SSSR count). The third kappa shape index (κ3) is 5.48. The molecule has 0 amide bonds. The maximum absolute atomic E-state index is 12.0. The van der Waals surface area contributed by atoms with Crippen LogP contribution in [-0.2, 0) is 18.2 Å². The number of phosphoric acid groups is 1. The Labute approximate surface area is 91.2 Å². The molecule has 0 heterocycles. The van der Waals surface area contributed by atoms with Gasteiger partial charge in [-0.15, -0.1) is 0 Å². The van der Waals surface area contributed by atoms with Gasteiger partial charge in [0.05, 0.1) is 13.2 Å². The van der Waals surface area contributed by atoms with E-state index >= 15 is 0 Å². The van der Waals surface area contributed by atoms with Gasteiger partial charge in [-0.3, -0.25) is 13.7 Å². The minimum Gasteiger partial charge on any atom is -0.292 e. The average molecular weight is 263 g/mol. The Morgan fingerprint density at radius 3 is 2.00 bits per heavy atom. The number of rotatable bonds is 6. The summed E-state index contributed by atoms with van der Waals surface area (Å²) >= 11 is 0. The van der Waals surface area contributed by atoms with Crippen molar-refractivity contribution < 1.29 is 31.4 Å². The lowest BCUT2D eigenvalue weighted by Gasteiger charge is -2.13. The van der Waals surface area contributed by atoms with Gasteiger partial charge in [0.1, 0.15) is 0 Å². The molecule has 0 bridgehead atoms. The van der Waals surface area contributed by atoms with Crippen molar-refractivity contribution in [3.63, 3.8) is 0 Å². The molecular weight excluding hydrogens is 250 g/mol. The zero-order valence-corrected chi connectivity index (χ0v) is 9.97. The van der Waals surface area contributed by atoms with Crippen molar-refractivity contribution >= 4 is 13.5 Å². The summed E-state index contributed by atoms with van der Waals surface area (Å²) in [6.45, 7) is 3.61. The van der Waals surface area contributed by atoms with Gasteiger partial charge in [-0.1, -0.05) is 5.16 Å². The molecular formula is C7H13F3NO4P. The molecule has 0 saturated heterocycles. The van der Waals surface area contributed by atoms with E-state index in [1.807, 2.05) is 0 Å². The fourth-order valence-corrected chi connectivity index (χ4v) is 1.59. The molecule has 0 aromatic heterocycles. The van der Waals surface area contributed by atoms with E-state index < -0.39 is 19.7 Å². The molecule has 0 aromatic carbocycles. The van der Waals surface area contributed by atoms with E-state index in [9.17, 15) is 17.7 Å². The van der Waals surface area contributed by atoms with Gasteiger partial charge in [-0.05, 0) is 20.8 Å². The van der Waals surface area contributed by atoms with Gasteiger partial charge in [0.25, 0.3) is 0 Å². The van der Waals surface area contributed by atoms with Crippen molar-refractivity contribution in [2.75, 3.05) is 13.2 Å². The molecule has 0 aliphatic carbocycles. The summed E-state index contributed by atoms with van der Waals surface area (Å²) in [7, 11) is -4.03. The summed E-state index contributed by atoms with van der Waals surface area (Å²) < 4.78 is 60.9. The number of halogens is 3. The lowest BCUT2D eigenvalue weighted by molar-refractivity contribution is -0.0613. The first-order valence-corrected chi connectivity index (χ1v) is 5.91. The van der Waals surface area contributed by atoms with Crippen LogP contribution in [0.1, 0.15) is 20.8 Å². The number of nitrogens with zero attached hydrogens (tertiary/aromatic N) is 1. The topological polar surface area (TPSA) is 57.1 Å². The standard InChI is InChI=1S/C7H13F3NO4P/c1-4-13-16(12,14-5-2)15-11-6(3)7(8,9)10/h4-5H2,1-3H3/b11-6+. The Balaban J connectivity index is 4.60. The smallest absolute Gasteiger partial charge is 0.292 e. The zero-order valence-electron chi connectivity index (χ0n) is 9.08. The van der Waals surface area contributed by atoms with Gasteiger partial charge < -0.3 is 0 Å². The predicted octanol–water partition coefficient (Wildman–Crippen LogP) is 3.12. The summed E-state index contributed by atoms with van der Waals surface area (Å²) in [6, 6.07) is 0. The zero-order chi connectivity index (χ0) is 12.8. The highest BCUT2D eigenvalue weighted by molar-refractivity contribution is 7.48. The lowest BCUT2D eigenvalue weighted by Crippen LogP contribution is -2.19. The summed E-state index contributed by atoms with van der Waals surface area (Å²) in [5.74, 6) is 0. The third-order valence-corrected chi connectivity index (χ3v) is 2.69. The second-order valence-corrected chi connectivity index (χ2v) is 4.11. The molecule has 0 aromatic rings. The van der Waals surface area contributed by atoms with Crippen LogP contribution in [0.5, 0.6) is 0 Å². The van der Waals surface area contributed by atoms with Gasteiger partial charge in [0, 0.05) is 0 Å². The van der Waals surface area contributed by atoms with Crippen LogP contribution in [0.3, 0.4) is 0 Å². The predicted molar refractivity (Wildman–Crippen MR) is 51.1 cm³/mol. The van der Waals surface area contributed by atoms with Crippen molar-refractivity contribution in [3.05, 3.63) is 0 Å². The van der Waals surface area contributed by atoms with E-state index in [1.54, 1.807) is 0 Å². The van der Waals surface area contributed by atoms with Gasteiger partial charge in [-0.25, -0.2) is 4.57 Å². The number of phosphoric ester groups is 1. The minimum absolute atomic E-state index is 0.0299. The molecule has 96 valence electrons. The Morgan fingerprint density at radius 1 is 1.25 bits per heavy atom. The van der Waals surface area contributed by atoms with Crippen molar-refractivity contribution in [1.29, 1.82) is 0 Å². The molecule has 9 heteroatoms. The van der Waals surface area contributed by atoms with Gasteiger partial charge >= 0.3 is 14.0 Å². The monoisotopic (exact) mass is 263 g/mol. The van der Waals surface area contributed by atoms with Crippen LogP contribution in [-0.4, -0.2) is 25.1 Å². The fraction of sp³-hybridized carbons (Fsp3) is 0.857. The molecule has 0 N–H and O–H groups in total. The lowest BCUT2D eigenvalue weighted by atomic mass is 10.4. The molecule has 16 heavy (non-hydrogen) atoms. The quantitative estimate of drug-likeness (QED) is 0.419. The van der Waals surface area contributed by atoms with Crippen molar-refractivity contribution in [3.8, 4) is 0 Å². The second kappa shape index (κ2) is 6.22. The summed E-state index contributed by atoms with van der Waals surface area (Å²) in [5, 5.41) is 2.68. The van der Waals surface area contributed by atoms with E-state index in [2.05, 4.69) is 18.8 Å². The van der Waals surface area contributed by atoms with Crippen molar-refractivity contribution in [2.45, 2.75) is 26.9 Å². The molecule has 0 aliphatic heterocycles. The minimum atomic E-state index is -4.64. The van der Waals surface area contributed by atoms with Crippen LogP contribution in [0.25, 0.3) is 0 Å². The van der Waals surface area contributed by atoms with E-state index in [0.717, 1.165) is 0 Å². The van der Waals surface area contributed by atoms with E-state index in [-0.39, 0.29) is 13.2 Å². The SMILES string of the molecule is CCOP(=O)(OCC)O/N=C(\C)C(F)(F)F. The molecule has 5 nitrogen and oxygen atoms in total. The number of hydrogen-bond acceptors (Lipinski definition) is 5. The van der Waals surface area contributed by atoms with Crippen LogP contribution in [0, 0.1) is 0 Å². The fourth-order valence-electron chi connectivity index (χ4n) is 0.564. The van der Waals surface area contributed by atoms with E-state index in [0.29, 0.717) is 6.92 Å². The Kier molecular flexibility index (Phi) is 5.99. The Hall–Kier alpha value is -0.590. The molecule has 0 radical (unpaired) electrons. The number of oxime groups is 1. The Morgan fingerprint density at radius 2 is 1.69 bits per heavy atom. The molecule has 0 atom stereocenters. The van der Waals surface area contributed by atoms with Gasteiger partial charge in [0.2, 0.25) is 0 Å². The first-order valence-electron chi connectivity index (χ1n) is 4.44. The third-order valence-electron chi connectivity index (χ3n) is 1.26. The maximum atomic E-state index is 12.0. The van der Waals surface area contributed by atoms with Crippen LogP contribution >= 0.6 is 7.82 Å². The highest BCUT2D eigenvalue weighted by atomic mass is 31.2.